The zero-order chi connectivity index (χ0) is 22.2. The minimum Gasteiger partial charge on any atom is -0.351 e. The van der Waals surface area contributed by atoms with Gasteiger partial charge in [0.1, 0.15) is 6.04 Å². The summed E-state index contributed by atoms with van der Waals surface area (Å²) in [5.74, 6) is 0. The van der Waals surface area contributed by atoms with Gasteiger partial charge >= 0.3 is 0 Å². The number of aryl methyl sites for hydroxylation is 2. The van der Waals surface area contributed by atoms with Crippen molar-refractivity contribution >= 4 is 38.9 Å². The molecule has 0 bridgehead atoms. The van der Waals surface area contributed by atoms with E-state index in [2.05, 4.69) is 110 Å². The molecule has 1 N–H and O–H groups in total. The highest BCUT2D eigenvalue weighted by atomic mass is 79.9. The van der Waals surface area contributed by atoms with Crippen LogP contribution in [0.4, 0.5) is 5.69 Å². The molecule has 0 aliphatic carbocycles. The number of aromatic nitrogens is 2. The Hall–Kier alpha value is -2.96. The third kappa shape index (κ3) is 3.63. The van der Waals surface area contributed by atoms with Gasteiger partial charge in [-0.2, -0.15) is 0 Å². The number of nitrogens with one attached hydrogen (secondary N) is 1. The molecule has 0 radical (unpaired) electrons. The van der Waals surface area contributed by atoms with Gasteiger partial charge in [-0.05, 0) is 86.2 Å². The molecule has 1 aliphatic heterocycles. The molecule has 1 saturated heterocycles. The van der Waals surface area contributed by atoms with Gasteiger partial charge < -0.3 is 14.8 Å². The fourth-order valence-electron chi connectivity index (χ4n) is 4.43. The quantitative estimate of drug-likeness (QED) is 0.326. The van der Waals surface area contributed by atoms with E-state index in [9.17, 15) is 0 Å². The Morgan fingerprint density at radius 3 is 2.41 bits per heavy atom. The first-order chi connectivity index (χ1) is 15.5. The largest absolute Gasteiger partial charge is 0.351 e. The maximum atomic E-state index is 5.89. The number of thiocarbonyl (C=S) groups is 1. The summed E-state index contributed by atoms with van der Waals surface area (Å²) in [6.07, 6.45) is 1.84. The van der Waals surface area contributed by atoms with Crippen molar-refractivity contribution in [2.45, 2.75) is 25.9 Å². The number of anilines is 1. The predicted octanol–water partition coefficient (Wildman–Crippen LogP) is 6.43. The number of para-hydroxylation sites is 1. The summed E-state index contributed by atoms with van der Waals surface area (Å²) >= 11 is 9.51. The molecule has 4 nitrogen and oxygen atoms in total. The Kier molecular flexibility index (Phi) is 5.57. The van der Waals surface area contributed by atoms with E-state index < -0.39 is 0 Å². The van der Waals surface area contributed by atoms with E-state index in [4.69, 9.17) is 12.2 Å². The maximum absolute atomic E-state index is 5.89. The SMILES string of the molecule is Cc1cc(N2C(=S)N[C@H](c3ccccn3)[C@@H]2c2ccc(C)n2-c2ccccc2)ccc1Br. The molecule has 4 aromatic rings. The van der Waals surface area contributed by atoms with Gasteiger partial charge in [0, 0.05) is 33.4 Å². The maximum Gasteiger partial charge on any atom is 0.174 e. The van der Waals surface area contributed by atoms with Crippen molar-refractivity contribution in [2.75, 3.05) is 4.90 Å². The lowest BCUT2D eigenvalue weighted by molar-refractivity contribution is 0.548. The fourth-order valence-corrected chi connectivity index (χ4v) is 5.02. The van der Waals surface area contributed by atoms with Crippen molar-refractivity contribution in [2.24, 2.45) is 0 Å². The first-order valence-corrected chi connectivity index (χ1v) is 11.7. The van der Waals surface area contributed by atoms with Gasteiger partial charge in [0.25, 0.3) is 0 Å². The normalized spacial score (nSPS) is 18.1. The number of pyridine rings is 1. The summed E-state index contributed by atoms with van der Waals surface area (Å²) in [5.41, 5.74) is 6.67. The first-order valence-electron chi connectivity index (χ1n) is 10.5. The summed E-state index contributed by atoms with van der Waals surface area (Å²) < 4.78 is 3.40. The third-order valence-corrected chi connectivity index (χ3v) is 7.15. The summed E-state index contributed by atoms with van der Waals surface area (Å²) in [5, 5.41) is 4.26. The van der Waals surface area contributed by atoms with E-state index in [0.29, 0.717) is 5.11 Å². The minimum atomic E-state index is -0.0792. The first kappa shape index (κ1) is 20.9. The van der Waals surface area contributed by atoms with Gasteiger partial charge in [-0.3, -0.25) is 4.98 Å². The lowest BCUT2D eigenvalue weighted by Crippen LogP contribution is -2.30. The highest BCUT2D eigenvalue weighted by molar-refractivity contribution is 9.10. The average molecular weight is 503 g/mol. The molecule has 2 atom stereocenters. The van der Waals surface area contributed by atoms with E-state index in [1.807, 2.05) is 24.4 Å². The van der Waals surface area contributed by atoms with E-state index in [1.54, 1.807) is 0 Å². The van der Waals surface area contributed by atoms with Crippen molar-refractivity contribution in [3.8, 4) is 5.69 Å². The summed E-state index contributed by atoms with van der Waals surface area (Å²) in [6.45, 7) is 4.24. The van der Waals surface area contributed by atoms with Gasteiger partial charge in [0.2, 0.25) is 0 Å². The van der Waals surface area contributed by atoms with Crippen LogP contribution in [0.15, 0.2) is 89.5 Å². The van der Waals surface area contributed by atoms with E-state index in [0.717, 1.165) is 27.2 Å². The zero-order valence-electron chi connectivity index (χ0n) is 17.9. The van der Waals surface area contributed by atoms with E-state index in [-0.39, 0.29) is 12.1 Å². The lowest BCUT2D eigenvalue weighted by Gasteiger charge is -2.29. The van der Waals surface area contributed by atoms with Crippen molar-refractivity contribution < 1.29 is 0 Å². The molecule has 2 aromatic carbocycles. The van der Waals surface area contributed by atoms with Crippen LogP contribution < -0.4 is 10.2 Å². The Bertz CT molecular complexity index is 1270. The van der Waals surface area contributed by atoms with Crippen molar-refractivity contribution in [1.29, 1.82) is 0 Å². The zero-order valence-corrected chi connectivity index (χ0v) is 20.3. The van der Waals surface area contributed by atoms with Gasteiger partial charge in [-0.25, -0.2) is 0 Å². The van der Waals surface area contributed by atoms with Crippen LogP contribution in [0.5, 0.6) is 0 Å². The highest BCUT2D eigenvalue weighted by Gasteiger charge is 2.42. The number of hydrogen-bond acceptors (Lipinski definition) is 2. The van der Waals surface area contributed by atoms with Gasteiger partial charge in [-0.1, -0.05) is 40.2 Å². The van der Waals surface area contributed by atoms with Crippen LogP contribution in [0.1, 0.15) is 34.7 Å². The molecular weight excluding hydrogens is 480 g/mol. The number of halogens is 1. The Balaban J connectivity index is 1.71. The number of benzene rings is 2. The van der Waals surface area contributed by atoms with Crippen LogP contribution in [-0.4, -0.2) is 14.7 Å². The van der Waals surface area contributed by atoms with Crippen molar-refractivity contribution in [1.82, 2.24) is 14.9 Å². The molecule has 32 heavy (non-hydrogen) atoms. The Morgan fingerprint density at radius 1 is 0.906 bits per heavy atom. The molecule has 0 spiro atoms. The molecule has 0 amide bonds. The molecular formula is C26H23BrN4S. The second-order valence-corrected chi connectivity index (χ2v) is 9.24. The molecule has 160 valence electrons. The predicted molar refractivity (Wildman–Crippen MR) is 137 cm³/mol. The smallest absolute Gasteiger partial charge is 0.174 e. The van der Waals surface area contributed by atoms with E-state index in [1.165, 1.54) is 11.3 Å². The van der Waals surface area contributed by atoms with E-state index >= 15 is 0 Å². The number of rotatable bonds is 4. The Morgan fingerprint density at radius 2 is 1.69 bits per heavy atom. The minimum absolute atomic E-state index is 0.0631. The number of hydrogen-bond donors (Lipinski definition) is 1. The summed E-state index contributed by atoms with van der Waals surface area (Å²) in [7, 11) is 0. The molecule has 2 aromatic heterocycles. The monoisotopic (exact) mass is 502 g/mol. The van der Waals surface area contributed by atoms with Crippen LogP contribution >= 0.6 is 28.1 Å². The second kappa shape index (κ2) is 8.52. The molecule has 5 rings (SSSR count). The van der Waals surface area contributed by atoms with Crippen LogP contribution in [0, 0.1) is 13.8 Å². The van der Waals surface area contributed by atoms with Crippen molar-refractivity contribution in [3.05, 3.63) is 112 Å². The van der Waals surface area contributed by atoms with Crippen molar-refractivity contribution in [3.63, 3.8) is 0 Å². The standard InChI is InChI=1S/C26H23BrN4S/c1-17-16-20(12-13-21(17)27)31-25(24(29-26(31)32)22-10-6-7-15-28-22)23-14-11-18(2)30(23)19-8-4-3-5-9-19/h3-16,24-25H,1-2H3,(H,29,32)/t24-,25+/m1/s1. The topological polar surface area (TPSA) is 33.1 Å². The summed E-state index contributed by atoms with van der Waals surface area (Å²) in [4.78, 5) is 6.90. The fraction of sp³-hybridized carbons (Fsp3) is 0.154. The summed E-state index contributed by atoms with van der Waals surface area (Å²) in [6, 6.07) is 27.1. The lowest BCUT2D eigenvalue weighted by atomic mass is 10.0. The molecule has 0 saturated carbocycles. The molecule has 6 heteroatoms. The highest BCUT2D eigenvalue weighted by Crippen LogP contribution is 2.43. The molecule has 3 heterocycles. The van der Waals surface area contributed by atoms with Crippen LogP contribution in [-0.2, 0) is 0 Å². The third-order valence-electron chi connectivity index (χ3n) is 5.94. The van der Waals surface area contributed by atoms with Gasteiger partial charge in [0.05, 0.1) is 11.7 Å². The van der Waals surface area contributed by atoms with Gasteiger partial charge in [-0.15, -0.1) is 0 Å². The average Bonchev–Trinajstić information content (AvgIpc) is 3.36. The van der Waals surface area contributed by atoms with Crippen LogP contribution in [0.25, 0.3) is 5.69 Å². The molecule has 1 fully saturated rings. The van der Waals surface area contributed by atoms with Crippen LogP contribution in [0.2, 0.25) is 0 Å². The second-order valence-electron chi connectivity index (χ2n) is 8.00. The Labute approximate surface area is 202 Å². The molecule has 1 aliphatic rings. The number of nitrogens with zero attached hydrogens (tertiary/aromatic N) is 3. The van der Waals surface area contributed by atoms with Gasteiger partial charge in [0.15, 0.2) is 5.11 Å². The molecule has 0 unspecified atom stereocenters. The van der Waals surface area contributed by atoms with Crippen LogP contribution in [0.3, 0.4) is 0 Å².